The van der Waals surface area contributed by atoms with Crippen molar-refractivity contribution in [2.75, 3.05) is 4.90 Å². The molecule has 1 aromatic heterocycles. The maximum atomic E-state index is 13.1. The molecule has 126 valence electrons. The van der Waals surface area contributed by atoms with E-state index in [0.29, 0.717) is 5.69 Å². The van der Waals surface area contributed by atoms with E-state index in [4.69, 9.17) is 9.97 Å². The Hall–Kier alpha value is -3.12. The van der Waals surface area contributed by atoms with E-state index in [1.165, 1.54) is 4.90 Å². The first-order valence-electron chi connectivity index (χ1n) is 8.69. The van der Waals surface area contributed by atoms with E-state index in [9.17, 15) is 9.59 Å². The Bertz CT molecular complexity index is 1030. The van der Waals surface area contributed by atoms with E-state index in [0.717, 1.165) is 22.4 Å². The molecule has 2 bridgehead atoms. The van der Waals surface area contributed by atoms with Crippen LogP contribution in [0.5, 0.6) is 0 Å². The van der Waals surface area contributed by atoms with Gasteiger partial charge < -0.3 is 0 Å². The largest absolute Gasteiger partial charge is 0.299 e. The number of carbonyl (C=O) groups excluding carboxylic acids is 2. The Morgan fingerprint density at radius 3 is 1.77 bits per heavy atom. The SMILES string of the molecule is O=C1C2C3NC(c4nc5ccccc5nc43)C2C(=O)N1c1ccccc1. The van der Waals surface area contributed by atoms with Crippen LogP contribution in [-0.4, -0.2) is 21.8 Å². The van der Waals surface area contributed by atoms with Crippen LogP contribution < -0.4 is 10.2 Å². The van der Waals surface area contributed by atoms with Gasteiger partial charge in [0.2, 0.25) is 11.8 Å². The van der Waals surface area contributed by atoms with Gasteiger partial charge in [-0.25, -0.2) is 14.9 Å². The van der Waals surface area contributed by atoms with Gasteiger partial charge in [0, 0.05) is 0 Å². The molecule has 2 saturated heterocycles. The Morgan fingerprint density at radius 1 is 0.731 bits per heavy atom. The van der Waals surface area contributed by atoms with E-state index < -0.39 is 11.8 Å². The third-order valence-corrected chi connectivity index (χ3v) is 5.70. The Kier molecular flexibility index (Phi) is 2.57. The maximum Gasteiger partial charge on any atom is 0.239 e. The molecule has 6 heteroatoms. The van der Waals surface area contributed by atoms with Gasteiger partial charge in [-0.15, -0.1) is 0 Å². The van der Waals surface area contributed by atoms with Crippen molar-refractivity contribution in [1.29, 1.82) is 0 Å². The van der Waals surface area contributed by atoms with Gasteiger partial charge in [-0.2, -0.15) is 0 Å². The van der Waals surface area contributed by atoms with Gasteiger partial charge in [0.1, 0.15) is 0 Å². The van der Waals surface area contributed by atoms with Crippen LogP contribution in [0.2, 0.25) is 0 Å². The van der Waals surface area contributed by atoms with Crippen LogP contribution in [0.15, 0.2) is 54.6 Å². The fourth-order valence-corrected chi connectivity index (χ4v) is 4.63. The summed E-state index contributed by atoms with van der Waals surface area (Å²) < 4.78 is 0. The van der Waals surface area contributed by atoms with E-state index in [-0.39, 0.29) is 23.9 Å². The highest BCUT2D eigenvalue weighted by molar-refractivity contribution is 6.23. The van der Waals surface area contributed by atoms with Crippen molar-refractivity contribution in [1.82, 2.24) is 15.3 Å². The molecule has 2 aromatic carbocycles. The van der Waals surface area contributed by atoms with Crippen LogP contribution in [-0.2, 0) is 9.59 Å². The average molecular weight is 342 g/mol. The number of hydrogen-bond acceptors (Lipinski definition) is 5. The molecule has 0 radical (unpaired) electrons. The van der Waals surface area contributed by atoms with Gasteiger partial charge in [0.05, 0.1) is 52.0 Å². The molecule has 0 spiro atoms. The van der Waals surface area contributed by atoms with Crippen molar-refractivity contribution in [2.24, 2.45) is 11.8 Å². The zero-order valence-electron chi connectivity index (χ0n) is 13.7. The monoisotopic (exact) mass is 342 g/mol. The number of nitrogens with one attached hydrogen (secondary N) is 1. The van der Waals surface area contributed by atoms with Gasteiger partial charge in [-0.1, -0.05) is 30.3 Å². The van der Waals surface area contributed by atoms with E-state index in [1.807, 2.05) is 42.5 Å². The minimum atomic E-state index is -0.407. The number of benzene rings is 2. The Labute approximate surface area is 148 Å². The van der Waals surface area contributed by atoms with Crippen LogP contribution in [0, 0.1) is 11.8 Å². The highest BCUT2D eigenvalue weighted by atomic mass is 16.2. The maximum absolute atomic E-state index is 13.1. The minimum Gasteiger partial charge on any atom is -0.299 e. The topological polar surface area (TPSA) is 75.2 Å². The number of anilines is 1. The summed E-state index contributed by atoms with van der Waals surface area (Å²) in [6.07, 6.45) is 0. The standard InChI is InChI=1S/C20H14N4O2/c25-19-13-14(20(26)24(19)10-6-2-1-3-7-10)16-18-17(15(13)23-16)21-11-8-4-5-9-12(11)22-18/h1-9,13-16,23H. The Balaban J connectivity index is 1.49. The smallest absolute Gasteiger partial charge is 0.239 e. The molecular weight excluding hydrogens is 328 g/mol. The minimum absolute atomic E-state index is 0.146. The second-order valence-corrected chi connectivity index (χ2v) is 7.00. The summed E-state index contributed by atoms with van der Waals surface area (Å²) in [5, 5.41) is 3.41. The lowest BCUT2D eigenvalue weighted by atomic mass is 9.81. The molecule has 0 saturated carbocycles. The first-order chi connectivity index (χ1) is 12.7. The summed E-state index contributed by atoms with van der Waals surface area (Å²) in [6, 6.07) is 16.3. The van der Waals surface area contributed by atoms with Crippen LogP contribution in [0.3, 0.4) is 0 Å². The summed E-state index contributed by atoms with van der Waals surface area (Å²) in [5.74, 6) is -1.11. The second kappa shape index (κ2) is 4.74. The second-order valence-electron chi connectivity index (χ2n) is 7.00. The lowest BCUT2D eigenvalue weighted by Gasteiger charge is -2.20. The lowest BCUT2D eigenvalue weighted by Crippen LogP contribution is -2.34. The highest BCUT2D eigenvalue weighted by Crippen LogP contribution is 2.55. The number of fused-ring (bicyclic) bond motifs is 9. The van der Waals surface area contributed by atoms with Crippen LogP contribution in [0.1, 0.15) is 23.5 Å². The number of carbonyl (C=O) groups is 2. The quantitative estimate of drug-likeness (QED) is 0.686. The van der Waals surface area contributed by atoms with Crippen LogP contribution in [0.25, 0.3) is 11.0 Å². The number of rotatable bonds is 1. The van der Waals surface area contributed by atoms with Gasteiger partial charge in [0.25, 0.3) is 0 Å². The summed E-state index contributed by atoms with van der Waals surface area (Å²) >= 11 is 0. The van der Waals surface area contributed by atoms with Crippen molar-refractivity contribution in [3.8, 4) is 0 Å². The number of amides is 2. The summed E-state index contributed by atoms with van der Waals surface area (Å²) in [5.41, 5.74) is 3.88. The van der Waals surface area contributed by atoms with Crippen molar-refractivity contribution >= 4 is 28.5 Å². The summed E-state index contributed by atoms with van der Waals surface area (Å²) in [6.45, 7) is 0. The molecule has 2 amide bonds. The number of nitrogens with zero attached hydrogens (tertiary/aromatic N) is 3. The molecular formula is C20H14N4O2. The molecule has 4 unspecified atom stereocenters. The molecule has 6 rings (SSSR count). The number of hydrogen-bond donors (Lipinski definition) is 1. The third-order valence-electron chi connectivity index (χ3n) is 5.70. The Morgan fingerprint density at radius 2 is 1.23 bits per heavy atom. The van der Waals surface area contributed by atoms with Gasteiger partial charge >= 0.3 is 0 Å². The van der Waals surface area contributed by atoms with Gasteiger partial charge in [-0.05, 0) is 24.3 Å². The normalized spacial score (nSPS) is 28.7. The van der Waals surface area contributed by atoms with Crippen molar-refractivity contribution < 1.29 is 9.59 Å². The highest BCUT2D eigenvalue weighted by Gasteiger charge is 2.64. The van der Waals surface area contributed by atoms with E-state index in [2.05, 4.69) is 5.32 Å². The van der Waals surface area contributed by atoms with Crippen molar-refractivity contribution in [2.45, 2.75) is 12.1 Å². The van der Waals surface area contributed by atoms with Gasteiger partial charge in [0.15, 0.2) is 0 Å². The van der Waals surface area contributed by atoms with Crippen molar-refractivity contribution in [3.05, 3.63) is 66.0 Å². The zero-order chi connectivity index (χ0) is 17.4. The molecule has 4 atom stereocenters. The predicted octanol–water partition coefficient (Wildman–Crippen LogP) is 2.13. The summed E-state index contributed by atoms with van der Waals surface area (Å²) in [7, 11) is 0. The third kappa shape index (κ3) is 1.60. The first-order valence-corrected chi connectivity index (χ1v) is 8.69. The number of imide groups is 1. The predicted molar refractivity (Wildman–Crippen MR) is 94.1 cm³/mol. The van der Waals surface area contributed by atoms with Crippen LogP contribution in [0.4, 0.5) is 5.69 Å². The molecule has 26 heavy (non-hydrogen) atoms. The molecule has 2 fully saturated rings. The molecule has 0 aliphatic carbocycles. The molecule has 4 heterocycles. The average Bonchev–Trinajstić information content (AvgIpc) is 3.31. The molecule has 3 aromatic rings. The fourth-order valence-electron chi connectivity index (χ4n) is 4.63. The van der Waals surface area contributed by atoms with Gasteiger partial charge in [-0.3, -0.25) is 14.9 Å². The summed E-state index contributed by atoms with van der Waals surface area (Å²) in [4.78, 5) is 37.0. The van der Waals surface area contributed by atoms with E-state index >= 15 is 0 Å². The number of aromatic nitrogens is 2. The molecule has 3 aliphatic heterocycles. The fraction of sp³-hybridized carbons (Fsp3) is 0.200. The number of para-hydroxylation sites is 3. The zero-order valence-corrected chi connectivity index (χ0v) is 13.7. The molecule has 3 aliphatic rings. The molecule has 6 nitrogen and oxygen atoms in total. The van der Waals surface area contributed by atoms with E-state index in [1.54, 1.807) is 12.1 Å². The van der Waals surface area contributed by atoms with Crippen molar-refractivity contribution in [3.63, 3.8) is 0 Å². The molecule has 1 N–H and O–H groups in total. The lowest BCUT2D eigenvalue weighted by molar-refractivity contribution is -0.123. The van der Waals surface area contributed by atoms with Crippen LogP contribution >= 0.6 is 0 Å². The first kappa shape index (κ1) is 14.1.